The van der Waals surface area contributed by atoms with Crippen molar-refractivity contribution in [2.24, 2.45) is 0 Å². The van der Waals surface area contributed by atoms with Crippen LogP contribution in [0.25, 0.3) is 0 Å². The number of nitrogens with one attached hydrogen (secondary N) is 1. The number of fused-ring (bicyclic) bond motifs is 1. The Labute approximate surface area is 107 Å². The van der Waals surface area contributed by atoms with E-state index >= 15 is 0 Å². The van der Waals surface area contributed by atoms with E-state index in [1.54, 1.807) is 6.07 Å². The van der Waals surface area contributed by atoms with Crippen LogP contribution in [0, 0.1) is 11.3 Å². The maximum Gasteiger partial charge on any atom is 0.251 e. The summed E-state index contributed by atoms with van der Waals surface area (Å²) in [6.45, 7) is 2.64. The van der Waals surface area contributed by atoms with Gasteiger partial charge < -0.3 is 10.1 Å². The smallest absolute Gasteiger partial charge is 0.251 e. The average molecular weight is 244 g/mol. The molecule has 1 aliphatic heterocycles. The summed E-state index contributed by atoms with van der Waals surface area (Å²) in [4.78, 5) is 12.0. The highest BCUT2D eigenvalue weighted by molar-refractivity contribution is 5.94. The van der Waals surface area contributed by atoms with Gasteiger partial charge >= 0.3 is 0 Å². The van der Waals surface area contributed by atoms with Gasteiger partial charge in [-0.15, -0.1) is 0 Å². The van der Waals surface area contributed by atoms with E-state index in [-0.39, 0.29) is 11.9 Å². The van der Waals surface area contributed by atoms with Crippen LogP contribution in [0.4, 0.5) is 0 Å². The lowest BCUT2D eigenvalue weighted by Gasteiger charge is -2.13. The summed E-state index contributed by atoms with van der Waals surface area (Å²) >= 11 is 0. The zero-order chi connectivity index (χ0) is 13.0. The van der Waals surface area contributed by atoms with E-state index in [0.29, 0.717) is 18.6 Å². The van der Waals surface area contributed by atoms with Gasteiger partial charge in [-0.2, -0.15) is 5.26 Å². The Kier molecular flexibility index (Phi) is 3.83. The van der Waals surface area contributed by atoms with Crippen LogP contribution >= 0.6 is 0 Å². The van der Waals surface area contributed by atoms with Crippen molar-refractivity contribution in [1.29, 1.82) is 5.26 Å². The minimum atomic E-state index is -0.119. The molecule has 18 heavy (non-hydrogen) atoms. The van der Waals surface area contributed by atoms with Gasteiger partial charge in [0.25, 0.3) is 5.91 Å². The van der Waals surface area contributed by atoms with Crippen LogP contribution in [0.3, 0.4) is 0 Å². The molecule has 4 heteroatoms. The maximum atomic E-state index is 12.0. The Morgan fingerprint density at radius 2 is 2.44 bits per heavy atom. The zero-order valence-corrected chi connectivity index (χ0v) is 10.4. The molecule has 4 nitrogen and oxygen atoms in total. The molecule has 1 aromatic rings. The van der Waals surface area contributed by atoms with Crippen LogP contribution < -0.4 is 10.1 Å². The Bertz CT molecular complexity index is 491. The summed E-state index contributed by atoms with van der Waals surface area (Å²) in [7, 11) is 0. The summed E-state index contributed by atoms with van der Waals surface area (Å²) in [6.07, 6.45) is 1.95. The largest absolute Gasteiger partial charge is 0.493 e. The van der Waals surface area contributed by atoms with Crippen LogP contribution in [0.15, 0.2) is 18.2 Å². The second kappa shape index (κ2) is 5.54. The molecule has 94 valence electrons. The fraction of sp³-hybridized carbons (Fsp3) is 0.429. The van der Waals surface area contributed by atoms with Gasteiger partial charge in [-0.05, 0) is 30.2 Å². The Hall–Kier alpha value is -2.02. The third kappa shape index (κ3) is 2.62. The molecule has 0 aromatic heterocycles. The standard InChI is InChI=1S/C14H16N2O2/c1-2-12(5-7-15)16-14(17)11-3-4-13-10(9-11)6-8-18-13/h3-4,9,12H,2,5-6,8H2,1H3,(H,16,17). The second-order valence-corrected chi connectivity index (χ2v) is 4.36. The molecule has 0 saturated heterocycles. The summed E-state index contributed by atoms with van der Waals surface area (Å²) in [5.41, 5.74) is 1.71. The number of nitriles is 1. The van der Waals surface area contributed by atoms with E-state index in [9.17, 15) is 4.79 Å². The summed E-state index contributed by atoms with van der Waals surface area (Å²) in [5, 5.41) is 11.5. The van der Waals surface area contributed by atoms with Crippen LogP contribution in [0.2, 0.25) is 0 Å². The number of hydrogen-bond acceptors (Lipinski definition) is 3. The van der Waals surface area contributed by atoms with Crippen molar-refractivity contribution in [2.75, 3.05) is 6.61 Å². The monoisotopic (exact) mass is 244 g/mol. The SMILES string of the molecule is CCC(CC#N)NC(=O)c1ccc2c(c1)CCO2. The second-order valence-electron chi connectivity index (χ2n) is 4.36. The third-order valence-electron chi connectivity index (χ3n) is 3.12. The molecular formula is C14H16N2O2. The fourth-order valence-corrected chi connectivity index (χ4v) is 2.00. The number of nitrogens with zero attached hydrogens (tertiary/aromatic N) is 1. The first-order chi connectivity index (χ1) is 8.74. The van der Waals surface area contributed by atoms with Gasteiger partial charge in [-0.1, -0.05) is 6.92 Å². The van der Waals surface area contributed by atoms with Crippen molar-refractivity contribution in [3.63, 3.8) is 0 Å². The lowest BCUT2D eigenvalue weighted by molar-refractivity contribution is 0.0936. The number of ether oxygens (including phenoxy) is 1. The molecule has 1 amide bonds. The molecule has 0 aliphatic carbocycles. The van der Waals surface area contributed by atoms with Gasteiger partial charge in [-0.3, -0.25) is 4.79 Å². The van der Waals surface area contributed by atoms with Crippen molar-refractivity contribution in [2.45, 2.75) is 32.2 Å². The number of hydrogen-bond donors (Lipinski definition) is 1. The average Bonchev–Trinajstić information content (AvgIpc) is 2.85. The highest BCUT2D eigenvalue weighted by atomic mass is 16.5. The van der Waals surface area contributed by atoms with Gasteiger partial charge in [0, 0.05) is 18.0 Å². The molecule has 1 aromatic carbocycles. The molecule has 0 bridgehead atoms. The molecule has 0 saturated carbocycles. The van der Waals surface area contributed by atoms with Gasteiger partial charge in [0.1, 0.15) is 5.75 Å². The van der Waals surface area contributed by atoms with Crippen molar-refractivity contribution in [3.05, 3.63) is 29.3 Å². The lowest BCUT2D eigenvalue weighted by atomic mass is 10.1. The molecule has 1 unspecified atom stereocenters. The van der Waals surface area contributed by atoms with Crippen LogP contribution in [-0.2, 0) is 6.42 Å². The first kappa shape index (κ1) is 12.4. The topological polar surface area (TPSA) is 62.1 Å². The quantitative estimate of drug-likeness (QED) is 0.881. The molecule has 0 fully saturated rings. The van der Waals surface area contributed by atoms with E-state index in [4.69, 9.17) is 10.00 Å². The molecule has 0 spiro atoms. The summed E-state index contributed by atoms with van der Waals surface area (Å²) in [6, 6.07) is 7.48. The van der Waals surface area contributed by atoms with Crippen molar-refractivity contribution >= 4 is 5.91 Å². The van der Waals surface area contributed by atoms with Crippen LogP contribution in [0.1, 0.15) is 35.7 Å². The number of carbonyl (C=O) groups excluding carboxylic acids is 1. The first-order valence-corrected chi connectivity index (χ1v) is 6.18. The van der Waals surface area contributed by atoms with E-state index < -0.39 is 0 Å². The Morgan fingerprint density at radius 1 is 1.61 bits per heavy atom. The first-order valence-electron chi connectivity index (χ1n) is 6.18. The molecular weight excluding hydrogens is 228 g/mol. The highest BCUT2D eigenvalue weighted by Gasteiger charge is 2.16. The van der Waals surface area contributed by atoms with E-state index in [0.717, 1.165) is 24.2 Å². The van der Waals surface area contributed by atoms with Crippen molar-refractivity contribution in [1.82, 2.24) is 5.32 Å². The summed E-state index contributed by atoms with van der Waals surface area (Å²) < 4.78 is 5.40. The van der Waals surface area contributed by atoms with E-state index in [1.807, 2.05) is 19.1 Å². The predicted octanol–water partition coefficient (Wildman–Crippen LogP) is 2.04. The van der Waals surface area contributed by atoms with Gasteiger partial charge in [-0.25, -0.2) is 0 Å². The molecule has 0 radical (unpaired) electrons. The van der Waals surface area contributed by atoms with Crippen molar-refractivity contribution in [3.8, 4) is 11.8 Å². The minimum absolute atomic E-state index is 0.0768. The number of benzene rings is 1. The van der Waals surface area contributed by atoms with Crippen LogP contribution in [-0.4, -0.2) is 18.6 Å². The van der Waals surface area contributed by atoms with E-state index in [2.05, 4.69) is 11.4 Å². The molecule has 1 atom stereocenters. The summed E-state index contributed by atoms with van der Waals surface area (Å²) in [5.74, 6) is 0.752. The molecule has 2 rings (SSSR count). The van der Waals surface area contributed by atoms with Gasteiger partial charge in [0.15, 0.2) is 0 Å². The minimum Gasteiger partial charge on any atom is -0.493 e. The lowest BCUT2D eigenvalue weighted by Crippen LogP contribution is -2.34. The highest BCUT2D eigenvalue weighted by Crippen LogP contribution is 2.25. The fourth-order valence-electron chi connectivity index (χ4n) is 2.00. The third-order valence-corrected chi connectivity index (χ3v) is 3.12. The number of carbonyl (C=O) groups is 1. The zero-order valence-electron chi connectivity index (χ0n) is 10.4. The molecule has 1 aliphatic rings. The van der Waals surface area contributed by atoms with Gasteiger partial charge in [0.2, 0.25) is 0 Å². The van der Waals surface area contributed by atoms with E-state index in [1.165, 1.54) is 0 Å². The maximum absolute atomic E-state index is 12.0. The number of amides is 1. The normalized spacial score (nSPS) is 14.2. The Balaban J connectivity index is 2.07. The Morgan fingerprint density at radius 3 is 3.17 bits per heavy atom. The number of rotatable bonds is 4. The van der Waals surface area contributed by atoms with Gasteiger partial charge in [0.05, 0.1) is 19.1 Å². The predicted molar refractivity (Wildman–Crippen MR) is 67.4 cm³/mol. The van der Waals surface area contributed by atoms with Crippen LogP contribution in [0.5, 0.6) is 5.75 Å². The molecule has 1 heterocycles. The van der Waals surface area contributed by atoms with Crippen molar-refractivity contribution < 1.29 is 9.53 Å². The molecule has 1 N–H and O–H groups in total.